The van der Waals surface area contributed by atoms with Crippen LogP contribution in [0.1, 0.15) is 19.8 Å². The summed E-state index contributed by atoms with van der Waals surface area (Å²) in [5.41, 5.74) is 10.1. The minimum absolute atomic E-state index is 0.214. The highest BCUT2D eigenvalue weighted by molar-refractivity contribution is 6.39. The van der Waals surface area contributed by atoms with Crippen molar-refractivity contribution in [3.05, 3.63) is 12.3 Å². The van der Waals surface area contributed by atoms with Crippen LogP contribution < -0.4 is 11.5 Å². The van der Waals surface area contributed by atoms with Gasteiger partial charge in [-0.05, 0) is 18.3 Å². The Bertz CT molecular complexity index is 413. The zero-order valence-corrected chi connectivity index (χ0v) is 9.14. The topological polar surface area (TPSA) is 98.5 Å². The highest BCUT2D eigenvalue weighted by Crippen LogP contribution is 2.54. The Morgan fingerprint density at radius 2 is 2.12 bits per heavy atom. The van der Waals surface area contributed by atoms with E-state index in [2.05, 4.69) is 11.9 Å². The number of hydrogen-bond acceptors (Lipinski definition) is 3. The van der Waals surface area contributed by atoms with Crippen molar-refractivity contribution in [2.45, 2.75) is 19.8 Å². The van der Waals surface area contributed by atoms with E-state index in [9.17, 15) is 9.59 Å². The van der Waals surface area contributed by atoms with Crippen molar-refractivity contribution in [3.63, 3.8) is 0 Å². The summed E-state index contributed by atoms with van der Waals surface area (Å²) in [5, 5.41) is 0. The molecule has 0 spiro atoms. The maximum atomic E-state index is 11.6. The van der Waals surface area contributed by atoms with Crippen LogP contribution >= 0.6 is 0 Å². The standard InChI is InChI=1S/C11H15N3O2/c1-6-4-7(6)11(10(13)16)2-3-14-8(5-11)9(12)15/h2-3,6-7H,4-5H2,1H3,(H2,12,15)(H2,13,16)/t6-,7-,11?/m0/s1. The second kappa shape index (κ2) is 3.43. The fourth-order valence-electron chi connectivity index (χ4n) is 2.44. The van der Waals surface area contributed by atoms with Gasteiger partial charge in [0.25, 0.3) is 5.91 Å². The summed E-state index contributed by atoms with van der Waals surface area (Å²) in [6.07, 6.45) is 4.39. The van der Waals surface area contributed by atoms with Crippen molar-refractivity contribution in [2.24, 2.45) is 33.7 Å². The smallest absolute Gasteiger partial charge is 0.263 e. The molecule has 1 aliphatic carbocycles. The fraction of sp³-hybridized carbons (Fsp3) is 0.545. The Balaban J connectivity index is 2.31. The maximum Gasteiger partial charge on any atom is 0.263 e. The van der Waals surface area contributed by atoms with Crippen LogP contribution in [-0.4, -0.2) is 17.5 Å². The first-order valence-corrected chi connectivity index (χ1v) is 5.31. The van der Waals surface area contributed by atoms with Crippen molar-refractivity contribution in [1.82, 2.24) is 0 Å². The molecule has 1 saturated carbocycles. The molecular weight excluding hydrogens is 206 g/mol. The number of nitrogens with zero attached hydrogens (tertiary/aromatic N) is 1. The summed E-state index contributed by atoms with van der Waals surface area (Å²) in [6.45, 7) is 2.07. The van der Waals surface area contributed by atoms with Crippen LogP contribution in [0.2, 0.25) is 0 Å². The summed E-state index contributed by atoms with van der Waals surface area (Å²) in [7, 11) is 0. The van der Waals surface area contributed by atoms with Gasteiger partial charge in [0.05, 0.1) is 5.41 Å². The maximum absolute atomic E-state index is 11.6. The van der Waals surface area contributed by atoms with Crippen LogP contribution in [0.25, 0.3) is 0 Å². The zero-order valence-electron chi connectivity index (χ0n) is 9.14. The second-order valence-corrected chi connectivity index (χ2v) is 4.66. The van der Waals surface area contributed by atoms with Crippen molar-refractivity contribution in [2.75, 3.05) is 0 Å². The van der Waals surface area contributed by atoms with Crippen molar-refractivity contribution in [3.8, 4) is 0 Å². The Morgan fingerprint density at radius 1 is 1.50 bits per heavy atom. The van der Waals surface area contributed by atoms with Gasteiger partial charge in [-0.2, -0.15) is 0 Å². The third-order valence-electron chi connectivity index (χ3n) is 3.58. The molecule has 2 rings (SSSR count). The van der Waals surface area contributed by atoms with Crippen LogP contribution in [0.4, 0.5) is 0 Å². The lowest BCUT2D eigenvalue weighted by Crippen LogP contribution is -2.43. The Morgan fingerprint density at radius 3 is 2.56 bits per heavy atom. The van der Waals surface area contributed by atoms with E-state index in [4.69, 9.17) is 11.5 Å². The lowest BCUT2D eigenvalue weighted by Gasteiger charge is -2.29. The van der Waals surface area contributed by atoms with Gasteiger partial charge < -0.3 is 11.5 Å². The molecule has 1 heterocycles. The highest BCUT2D eigenvalue weighted by Gasteiger charge is 2.54. The Hall–Kier alpha value is -1.65. The molecule has 0 aromatic heterocycles. The molecule has 2 amide bonds. The monoisotopic (exact) mass is 221 g/mol. The van der Waals surface area contributed by atoms with Gasteiger partial charge >= 0.3 is 0 Å². The van der Waals surface area contributed by atoms with E-state index in [1.165, 1.54) is 6.20 Å². The highest BCUT2D eigenvalue weighted by atomic mass is 16.2. The number of aliphatic imine (C=N–C) groups is 1. The third kappa shape index (κ3) is 1.52. The summed E-state index contributed by atoms with van der Waals surface area (Å²) in [6, 6.07) is 0. The Labute approximate surface area is 93.6 Å². The van der Waals surface area contributed by atoms with Crippen LogP contribution in [0.3, 0.4) is 0 Å². The van der Waals surface area contributed by atoms with Crippen LogP contribution in [0.15, 0.2) is 17.3 Å². The van der Waals surface area contributed by atoms with Crippen molar-refractivity contribution in [1.29, 1.82) is 0 Å². The van der Waals surface area contributed by atoms with Gasteiger partial charge in [-0.25, -0.2) is 0 Å². The van der Waals surface area contributed by atoms with Crippen molar-refractivity contribution < 1.29 is 9.59 Å². The molecule has 4 N–H and O–H groups in total. The molecule has 1 aliphatic heterocycles. The summed E-state index contributed by atoms with van der Waals surface area (Å²) in [4.78, 5) is 26.6. The Kier molecular flexibility index (Phi) is 2.33. The average Bonchev–Trinajstić information content (AvgIpc) is 2.95. The quantitative estimate of drug-likeness (QED) is 0.698. The van der Waals surface area contributed by atoms with E-state index in [0.29, 0.717) is 5.92 Å². The molecular formula is C11H15N3O2. The molecule has 3 atom stereocenters. The average molecular weight is 221 g/mol. The minimum Gasteiger partial charge on any atom is -0.369 e. The molecule has 0 bridgehead atoms. The molecule has 2 aliphatic rings. The van der Waals surface area contributed by atoms with Gasteiger partial charge in [-0.15, -0.1) is 0 Å². The number of carbonyl (C=O) groups is 2. The number of primary amides is 2. The van der Waals surface area contributed by atoms with Crippen LogP contribution in [0, 0.1) is 17.3 Å². The van der Waals surface area contributed by atoms with E-state index in [1.54, 1.807) is 6.08 Å². The summed E-state index contributed by atoms with van der Waals surface area (Å²) < 4.78 is 0. The van der Waals surface area contributed by atoms with E-state index in [-0.39, 0.29) is 18.1 Å². The number of carbonyl (C=O) groups excluding carboxylic acids is 2. The predicted molar refractivity (Wildman–Crippen MR) is 59.3 cm³/mol. The van der Waals surface area contributed by atoms with Gasteiger partial charge in [0.1, 0.15) is 5.71 Å². The SMILES string of the molecule is C[C@H]1C[C@@H]1C1(C(N)=O)C=CN=C(C(N)=O)C1. The number of nitrogens with two attached hydrogens (primary N) is 2. The summed E-state index contributed by atoms with van der Waals surface area (Å²) in [5.74, 6) is -0.300. The minimum atomic E-state index is -0.758. The third-order valence-corrected chi connectivity index (χ3v) is 3.58. The molecule has 0 saturated heterocycles. The largest absolute Gasteiger partial charge is 0.369 e. The molecule has 0 aromatic rings. The fourth-order valence-corrected chi connectivity index (χ4v) is 2.44. The number of hydrogen-bond donors (Lipinski definition) is 2. The number of rotatable bonds is 3. The summed E-state index contributed by atoms with van der Waals surface area (Å²) >= 11 is 0. The van der Waals surface area contributed by atoms with E-state index in [0.717, 1.165) is 6.42 Å². The molecule has 0 aromatic carbocycles. The first kappa shape index (κ1) is 10.9. The number of amides is 2. The molecule has 5 nitrogen and oxygen atoms in total. The van der Waals surface area contributed by atoms with E-state index in [1.807, 2.05) is 0 Å². The molecule has 1 unspecified atom stereocenters. The zero-order chi connectivity index (χ0) is 11.9. The normalized spacial score (nSPS) is 36.7. The van der Waals surface area contributed by atoms with Gasteiger partial charge in [0.15, 0.2) is 0 Å². The second-order valence-electron chi connectivity index (χ2n) is 4.66. The first-order valence-electron chi connectivity index (χ1n) is 5.31. The predicted octanol–water partition coefficient (Wildman–Crippen LogP) is -0.0422. The van der Waals surface area contributed by atoms with Gasteiger partial charge in [0.2, 0.25) is 5.91 Å². The van der Waals surface area contributed by atoms with Gasteiger partial charge in [0, 0.05) is 12.6 Å². The molecule has 16 heavy (non-hydrogen) atoms. The first-order chi connectivity index (χ1) is 7.47. The van der Waals surface area contributed by atoms with Crippen molar-refractivity contribution >= 4 is 17.5 Å². The van der Waals surface area contributed by atoms with Gasteiger partial charge in [-0.3, -0.25) is 14.6 Å². The van der Waals surface area contributed by atoms with Crippen LogP contribution in [-0.2, 0) is 9.59 Å². The van der Waals surface area contributed by atoms with Crippen LogP contribution in [0.5, 0.6) is 0 Å². The lowest BCUT2D eigenvalue weighted by atomic mass is 9.75. The lowest BCUT2D eigenvalue weighted by molar-refractivity contribution is -0.126. The molecule has 5 heteroatoms. The van der Waals surface area contributed by atoms with E-state index < -0.39 is 17.2 Å². The molecule has 0 radical (unpaired) electrons. The molecule has 1 fully saturated rings. The van der Waals surface area contributed by atoms with Gasteiger partial charge in [-0.1, -0.05) is 13.0 Å². The van der Waals surface area contributed by atoms with E-state index >= 15 is 0 Å². The molecule has 86 valence electrons.